The molecule has 0 fully saturated rings. The van der Waals surface area contributed by atoms with E-state index in [-0.39, 0.29) is 12.3 Å². The van der Waals surface area contributed by atoms with E-state index in [1.165, 1.54) is 18.2 Å². The molecule has 0 aliphatic heterocycles. The monoisotopic (exact) mass is 157 g/mol. The minimum Gasteiger partial charge on any atom is -0.508 e. The molecule has 0 atom stereocenters. The summed E-state index contributed by atoms with van der Waals surface area (Å²) in [7, 11) is 0. The van der Waals surface area contributed by atoms with Gasteiger partial charge in [0, 0.05) is 14.8 Å². The predicted octanol–water partition coefficient (Wildman–Crippen LogP) is 1.45. The molecule has 0 radical (unpaired) electrons. The molecule has 1 aromatic rings. The Balaban J connectivity index is 2.96. The van der Waals surface area contributed by atoms with Crippen molar-refractivity contribution in [3.8, 4) is 5.75 Å². The molecule has 0 amide bonds. The lowest BCUT2D eigenvalue weighted by Gasteiger charge is -2.08. The molecule has 2 heteroatoms. The minimum atomic E-state index is -2.71. The summed E-state index contributed by atoms with van der Waals surface area (Å²) in [5.41, 5.74) is 0.428. The zero-order valence-corrected chi connectivity index (χ0v) is 5.91. The van der Waals surface area contributed by atoms with Crippen LogP contribution in [0, 0.1) is 0 Å². The number of phenols is 1. The SMILES string of the molecule is [2H]C([2H])([2H])N(Cc1cccc(O)c1)C([2H])([2H])[2H]. The molecular formula is C9H13NO. The molecule has 1 rings (SSSR count). The van der Waals surface area contributed by atoms with Crippen LogP contribution in [-0.4, -0.2) is 24.0 Å². The van der Waals surface area contributed by atoms with E-state index in [0.717, 1.165) is 0 Å². The summed E-state index contributed by atoms with van der Waals surface area (Å²) in [5.74, 6) is -0.0291. The Hall–Kier alpha value is -1.02. The highest BCUT2D eigenvalue weighted by Crippen LogP contribution is 2.11. The fourth-order valence-electron chi connectivity index (χ4n) is 0.837. The molecule has 0 saturated heterocycles. The van der Waals surface area contributed by atoms with Gasteiger partial charge in [0.2, 0.25) is 0 Å². The molecule has 0 unspecified atom stereocenters. The Bertz CT molecular complexity index is 372. The summed E-state index contributed by atoms with van der Waals surface area (Å²) in [4.78, 5) is 0.439. The highest BCUT2D eigenvalue weighted by atomic mass is 16.3. The van der Waals surface area contributed by atoms with Gasteiger partial charge in [-0.15, -0.1) is 0 Å². The minimum absolute atomic E-state index is 0.0291. The number of nitrogens with zero attached hydrogens (tertiary/aromatic N) is 1. The smallest absolute Gasteiger partial charge is 0.115 e. The van der Waals surface area contributed by atoms with Crippen LogP contribution in [0.2, 0.25) is 0 Å². The van der Waals surface area contributed by atoms with Crippen molar-refractivity contribution in [3.05, 3.63) is 29.8 Å². The molecule has 2 nitrogen and oxygen atoms in total. The molecule has 11 heavy (non-hydrogen) atoms. The van der Waals surface area contributed by atoms with E-state index < -0.39 is 14.0 Å². The van der Waals surface area contributed by atoms with Gasteiger partial charge < -0.3 is 10.0 Å². The topological polar surface area (TPSA) is 23.5 Å². The van der Waals surface area contributed by atoms with Crippen LogP contribution in [0.5, 0.6) is 5.75 Å². The van der Waals surface area contributed by atoms with Crippen molar-refractivity contribution in [3.63, 3.8) is 0 Å². The van der Waals surface area contributed by atoms with Crippen molar-refractivity contribution in [2.75, 3.05) is 14.0 Å². The second-order valence-corrected chi connectivity index (χ2v) is 2.26. The maximum Gasteiger partial charge on any atom is 0.115 e. The molecule has 1 aromatic carbocycles. The number of aromatic hydroxyl groups is 1. The summed E-state index contributed by atoms with van der Waals surface area (Å²) in [6.07, 6.45) is 0. The van der Waals surface area contributed by atoms with Crippen molar-refractivity contribution >= 4 is 0 Å². The zero-order valence-electron chi connectivity index (χ0n) is 11.9. The fraction of sp³-hybridized carbons (Fsp3) is 0.333. The summed E-state index contributed by atoms with van der Waals surface area (Å²) in [6.45, 7) is -5.70. The van der Waals surface area contributed by atoms with E-state index in [1.54, 1.807) is 6.07 Å². The van der Waals surface area contributed by atoms with Crippen LogP contribution in [0.3, 0.4) is 0 Å². The van der Waals surface area contributed by atoms with E-state index in [4.69, 9.17) is 8.22 Å². The van der Waals surface area contributed by atoms with Crippen LogP contribution in [0.15, 0.2) is 24.3 Å². The van der Waals surface area contributed by atoms with Crippen molar-refractivity contribution in [2.45, 2.75) is 6.54 Å². The van der Waals surface area contributed by atoms with Gasteiger partial charge in [0.1, 0.15) is 5.75 Å². The molecule has 1 N–H and O–H groups in total. The summed E-state index contributed by atoms with van der Waals surface area (Å²) < 4.78 is 43.1. The van der Waals surface area contributed by atoms with Crippen molar-refractivity contribution < 1.29 is 13.3 Å². The van der Waals surface area contributed by atoms with E-state index >= 15 is 0 Å². The Morgan fingerprint density at radius 3 is 3.00 bits per heavy atom. The van der Waals surface area contributed by atoms with Crippen LogP contribution >= 0.6 is 0 Å². The van der Waals surface area contributed by atoms with Crippen LogP contribution < -0.4 is 0 Å². The first kappa shape index (κ1) is 3.15. The van der Waals surface area contributed by atoms with Gasteiger partial charge in [-0.25, -0.2) is 0 Å². The lowest BCUT2D eigenvalue weighted by atomic mass is 10.2. The van der Waals surface area contributed by atoms with E-state index in [2.05, 4.69) is 0 Å². The number of hydrogen-bond acceptors (Lipinski definition) is 2. The van der Waals surface area contributed by atoms with Crippen molar-refractivity contribution in [2.24, 2.45) is 0 Å². The largest absolute Gasteiger partial charge is 0.508 e. The number of benzene rings is 1. The molecule has 0 aliphatic carbocycles. The molecule has 60 valence electrons. The first-order valence-electron chi connectivity index (χ1n) is 6.16. The highest BCUT2D eigenvalue weighted by Gasteiger charge is 1.94. The van der Waals surface area contributed by atoms with Gasteiger partial charge in [-0.05, 0) is 31.6 Å². The normalized spacial score (nSPS) is 20.8. The second-order valence-electron chi connectivity index (χ2n) is 2.26. The molecule has 0 heterocycles. The third-order valence-electron chi connectivity index (χ3n) is 1.25. The maximum atomic E-state index is 9.23. The van der Waals surface area contributed by atoms with Crippen molar-refractivity contribution in [1.29, 1.82) is 0 Å². The fourth-order valence-corrected chi connectivity index (χ4v) is 0.837. The van der Waals surface area contributed by atoms with Gasteiger partial charge in [-0.2, -0.15) is 0 Å². The number of hydrogen-bond donors (Lipinski definition) is 1. The Morgan fingerprint density at radius 1 is 1.55 bits per heavy atom. The molecule has 0 aromatic heterocycles. The van der Waals surface area contributed by atoms with Crippen molar-refractivity contribution in [1.82, 2.24) is 4.90 Å². The van der Waals surface area contributed by atoms with Gasteiger partial charge in [0.25, 0.3) is 0 Å². The number of rotatable bonds is 2. The third kappa shape index (κ3) is 2.60. The standard InChI is InChI=1S/C9H13NO/c1-10(2)7-8-4-3-5-9(11)6-8/h3-6,11H,7H2,1-2H3/i1D3,2D3. The zero-order chi connectivity index (χ0) is 13.3. The number of phenolic OH excluding ortho intramolecular Hbond substituents is 1. The Labute approximate surface area is 75.5 Å². The van der Waals surface area contributed by atoms with Crippen LogP contribution in [0.4, 0.5) is 0 Å². The summed E-state index contributed by atoms with van der Waals surface area (Å²) in [6, 6.07) is 5.86. The molecule has 0 saturated carbocycles. The van der Waals surface area contributed by atoms with Gasteiger partial charge >= 0.3 is 0 Å². The first-order chi connectivity index (χ1) is 7.60. The third-order valence-corrected chi connectivity index (χ3v) is 1.25. The van der Waals surface area contributed by atoms with E-state index in [9.17, 15) is 5.11 Å². The van der Waals surface area contributed by atoms with E-state index in [0.29, 0.717) is 10.5 Å². The predicted molar refractivity (Wildman–Crippen MR) is 45.5 cm³/mol. The van der Waals surface area contributed by atoms with Crippen LogP contribution in [0.1, 0.15) is 13.8 Å². The van der Waals surface area contributed by atoms with Gasteiger partial charge in [0.05, 0.1) is 0 Å². The molecule has 0 aliphatic rings. The lowest BCUT2D eigenvalue weighted by molar-refractivity contribution is 0.400. The highest BCUT2D eigenvalue weighted by molar-refractivity contribution is 5.26. The van der Waals surface area contributed by atoms with Crippen LogP contribution in [0.25, 0.3) is 0 Å². The molecular weight excluding hydrogens is 138 g/mol. The molecule has 0 bridgehead atoms. The van der Waals surface area contributed by atoms with Crippen LogP contribution in [-0.2, 0) is 6.54 Å². The second kappa shape index (κ2) is 3.39. The van der Waals surface area contributed by atoms with E-state index in [1.807, 2.05) is 0 Å². The quantitative estimate of drug-likeness (QED) is 0.702. The van der Waals surface area contributed by atoms with Gasteiger partial charge in [-0.3, -0.25) is 0 Å². The summed E-state index contributed by atoms with van der Waals surface area (Å²) >= 11 is 0. The maximum absolute atomic E-state index is 9.23. The average molecular weight is 157 g/mol. The van der Waals surface area contributed by atoms with Gasteiger partial charge in [-0.1, -0.05) is 12.1 Å². The lowest BCUT2D eigenvalue weighted by Crippen LogP contribution is -2.10. The Kier molecular flexibility index (Phi) is 0.972. The first-order valence-corrected chi connectivity index (χ1v) is 3.16. The molecule has 0 spiro atoms. The Morgan fingerprint density at radius 2 is 2.36 bits per heavy atom. The van der Waals surface area contributed by atoms with Gasteiger partial charge in [0.15, 0.2) is 0 Å². The summed E-state index contributed by atoms with van der Waals surface area (Å²) in [5, 5.41) is 9.23. The average Bonchev–Trinajstić information content (AvgIpc) is 2.10.